The molecule has 1 atom stereocenters. The average Bonchev–Trinajstić information content (AvgIpc) is 2.35. The number of hydrogen-bond donors (Lipinski definition) is 1. The molecule has 19 heavy (non-hydrogen) atoms. The van der Waals surface area contributed by atoms with Crippen LogP contribution in [0, 0.1) is 5.92 Å². The van der Waals surface area contributed by atoms with Gasteiger partial charge in [0, 0.05) is 29.9 Å². The lowest BCUT2D eigenvalue weighted by Gasteiger charge is -2.22. The van der Waals surface area contributed by atoms with E-state index in [1.54, 1.807) is 17.6 Å². The van der Waals surface area contributed by atoms with E-state index < -0.39 is 17.2 Å². The molecule has 1 aliphatic carbocycles. The molecule has 0 spiro atoms. The average molecular weight is 263 g/mol. The van der Waals surface area contributed by atoms with Gasteiger partial charge in [-0.25, -0.2) is 9.18 Å². The minimum Gasteiger partial charge on any atom is -0.477 e. The van der Waals surface area contributed by atoms with E-state index in [-0.39, 0.29) is 17.0 Å². The molecule has 0 aliphatic heterocycles. The number of aromatic nitrogens is 1. The van der Waals surface area contributed by atoms with Crippen LogP contribution in [-0.2, 0) is 13.0 Å². The molecule has 0 amide bonds. The van der Waals surface area contributed by atoms with Gasteiger partial charge in [0.25, 0.3) is 0 Å². The molecular formula is C14H14FNO3. The van der Waals surface area contributed by atoms with Crippen LogP contribution in [0.3, 0.4) is 0 Å². The van der Waals surface area contributed by atoms with Gasteiger partial charge in [-0.3, -0.25) is 4.79 Å². The summed E-state index contributed by atoms with van der Waals surface area (Å²) in [7, 11) is 0. The second-order valence-electron chi connectivity index (χ2n) is 4.61. The van der Waals surface area contributed by atoms with Crippen LogP contribution in [0.4, 0.5) is 4.39 Å². The van der Waals surface area contributed by atoms with E-state index in [4.69, 9.17) is 5.11 Å². The van der Waals surface area contributed by atoms with E-state index in [1.807, 2.05) is 0 Å². The van der Waals surface area contributed by atoms with Gasteiger partial charge in [0.2, 0.25) is 5.43 Å². The summed E-state index contributed by atoms with van der Waals surface area (Å²) >= 11 is 0. The second kappa shape index (κ2) is 4.84. The number of carboxylic acids is 1. The number of halogens is 1. The fraction of sp³-hybridized carbons (Fsp3) is 0.286. The first-order valence-electron chi connectivity index (χ1n) is 5.93. The predicted octanol–water partition coefficient (Wildman–Crippen LogP) is 2.24. The Morgan fingerprint density at radius 2 is 2.37 bits per heavy atom. The Morgan fingerprint density at radius 3 is 2.95 bits per heavy atom. The summed E-state index contributed by atoms with van der Waals surface area (Å²) < 4.78 is 15.3. The van der Waals surface area contributed by atoms with Crippen molar-refractivity contribution >= 4 is 12.0 Å². The zero-order chi connectivity index (χ0) is 14.2. The van der Waals surface area contributed by atoms with Crippen LogP contribution in [0.15, 0.2) is 29.5 Å². The Morgan fingerprint density at radius 1 is 1.68 bits per heavy atom. The number of carboxylic acid groups (broad SMARTS) is 1. The normalized spacial score (nSPS) is 17.6. The molecule has 1 aromatic rings. The van der Waals surface area contributed by atoms with E-state index in [9.17, 15) is 14.0 Å². The Hall–Kier alpha value is -2.17. The minimum atomic E-state index is -1.31. The van der Waals surface area contributed by atoms with Gasteiger partial charge in [0.05, 0.1) is 0 Å². The highest BCUT2D eigenvalue weighted by Crippen LogP contribution is 2.27. The van der Waals surface area contributed by atoms with Gasteiger partial charge in [0.1, 0.15) is 11.4 Å². The van der Waals surface area contributed by atoms with E-state index in [1.165, 1.54) is 6.20 Å². The van der Waals surface area contributed by atoms with Gasteiger partial charge in [-0.05, 0) is 12.5 Å². The van der Waals surface area contributed by atoms with E-state index in [0.29, 0.717) is 18.7 Å². The number of nitrogens with zero attached hydrogens (tertiary/aromatic N) is 1. The van der Waals surface area contributed by atoms with Crippen LogP contribution in [-0.4, -0.2) is 15.6 Å². The minimum absolute atomic E-state index is 0.136. The van der Waals surface area contributed by atoms with E-state index in [2.05, 4.69) is 6.58 Å². The monoisotopic (exact) mass is 263 g/mol. The molecule has 1 N–H and O–H groups in total. The van der Waals surface area contributed by atoms with Crippen LogP contribution in [0.1, 0.15) is 28.5 Å². The van der Waals surface area contributed by atoms with Gasteiger partial charge >= 0.3 is 5.97 Å². The zero-order valence-corrected chi connectivity index (χ0v) is 10.5. The molecule has 0 aromatic carbocycles. The lowest BCUT2D eigenvalue weighted by molar-refractivity contribution is 0.0694. The molecule has 0 saturated carbocycles. The summed E-state index contributed by atoms with van der Waals surface area (Å²) in [6.07, 6.45) is 4.43. The lowest BCUT2D eigenvalue weighted by atomic mass is 9.92. The molecule has 100 valence electrons. The molecule has 2 rings (SSSR count). The molecule has 0 fully saturated rings. The van der Waals surface area contributed by atoms with Crippen molar-refractivity contribution in [3.05, 3.63) is 51.7 Å². The number of hydrogen-bond acceptors (Lipinski definition) is 2. The standard InChI is InChI=1S/C14H14FNO3/c1-3-4-16-7-10(14(18)19)13(17)9-6-11(15)8(2)5-12(9)16/h3,6-8H,1,4-5H2,2H3,(H,18,19). The van der Waals surface area contributed by atoms with Crippen LogP contribution in [0.5, 0.6) is 0 Å². The molecule has 4 nitrogen and oxygen atoms in total. The topological polar surface area (TPSA) is 59.3 Å². The van der Waals surface area contributed by atoms with Crippen molar-refractivity contribution in [1.29, 1.82) is 0 Å². The summed E-state index contributed by atoms with van der Waals surface area (Å²) in [5.41, 5.74) is -0.190. The van der Waals surface area contributed by atoms with Crippen LogP contribution in [0.2, 0.25) is 0 Å². The fourth-order valence-corrected chi connectivity index (χ4v) is 2.22. The molecule has 1 aliphatic rings. The molecule has 0 saturated heterocycles. The molecule has 0 radical (unpaired) electrons. The number of rotatable bonds is 3. The maximum absolute atomic E-state index is 13.6. The second-order valence-corrected chi connectivity index (χ2v) is 4.61. The Balaban J connectivity index is 2.76. The van der Waals surface area contributed by atoms with Crippen LogP contribution >= 0.6 is 0 Å². The largest absolute Gasteiger partial charge is 0.477 e. The van der Waals surface area contributed by atoms with Gasteiger partial charge in [-0.2, -0.15) is 0 Å². The third-order valence-corrected chi connectivity index (χ3v) is 3.24. The van der Waals surface area contributed by atoms with Crippen molar-refractivity contribution in [2.75, 3.05) is 0 Å². The molecule has 1 aromatic heterocycles. The van der Waals surface area contributed by atoms with Crippen LogP contribution in [0.25, 0.3) is 6.08 Å². The summed E-state index contributed by atoms with van der Waals surface area (Å²) in [6, 6.07) is 0. The number of aromatic carboxylic acids is 1. The number of pyridine rings is 1. The quantitative estimate of drug-likeness (QED) is 0.851. The maximum Gasteiger partial charge on any atom is 0.341 e. The van der Waals surface area contributed by atoms with Crippen molar-refractivity contribution in [1.82, 2.24) is 4.57 Å². The highest BCUT2D eigenvalue weighted by atomic mass is 19.1. The van der Waals surface area contributed by atoms with Gasteiger partial charge < -0.3 is 9.67 Å². The van der Waals surface area contributed by atoms with E-state index in [0.717, 1.165) is 6.08 Å². The zero-order valence-electron chi connectivity index (χ0n) is 10.5. The number of fused-ring (bicyclic) bond motifs is 1. The third-order valence-electron chi connectivity index (χ3n) is 3.24. The Kier molecular flexibility index (Phi) is 3.38. The summed E-state index contributed by atoms with van der Waals surface area (Å²) in [6.45, 7) is 5.70. The van der Waals surface area contributed by atoms with Gasteiger partial charge in [0.15, 0.2) is 0 Å². The summed E-state index contributed by atoms with van der Waals surface area (Å²) in [4.78, 5) is 23.1. The molecule has 1 heterocycles. The SMILES string of the molecule is C=CCn1cc(C(=O)O)c(=O)c2c1CC(C)C(F)=C2. The molecular weight excluding hydrogens is 249 g/mol. The smallest absolute Gasteiger partial charge is 0.341 e. The van der Waals surface area contributed by atoms with Crippen molar-refractivity contribution in [3.8, 4) is 0 Å². The first-order valence-corrected chi connectivity index (χ1v) is 5.93. The van der Waals surface area contributed by atoms with Gasteiger partial charge in [-0.15, -0.1) is 6.58 Å². The highest BCUT2D eigenvalue weighted by molar-refractivity contribution is 5.88. The lowest BCUT2D eigenvalue weighted by Crippen LogP contribution is -2.27. The van der Waals surface area contributed by atoms with Gasteiger partial charge in [-0.1, -0.05) is 13.0 Å². The maximum atomic E-state index is 13.6. The van der Waals surface area contributed by atoms with Crippen molar-refractivity contribution in [2.24, 2.45) is 5.92 Å². The first-order chi connectivity index (χ1) is 8.95. The summed E-state index contributed by atoms with van der Waals surface area (Å²) in [5, 5.41) is 9.02. The summed E-state index contributed by atoms with van der Waals surface area (Å²) in [5.74, 6) is -2.01. The third kappa shape index (κ3) is 2.23. The molecule has 5 heteroatoms. The highest BCUT2D eigenvalue weighted by Gasteiger charge is 2.25. The van der Waals surface area contributed by atoms with E-state index >= 15 is 0 Å². The predicted molar refractivity (Wildman–Crippen MR) is 69.8 cm³/mol. The van der Waals surface area contributed by atoms with Crippen molar-refractivity contribution < 1.29 is 14.3 Å². The first kappa shape index (κ1) is 13.3. The molecule has 1 unspecified atom stereocenters. The Bertz CT molecular complexity index is 643. The number of carbonyl (C=O) groups is 1. The number of allylic oxidation sites excluding steroid dienone is 2. The Labute approximate surface area is 109 Å². The van der Waals surface area contributed by atoms with Crippen molar-refractivity contribution in [2.45, 2.75) is 19.9 Å². The van der Waals surface area contributed by atoms with Crippen molar-refractivity contribution in [3.63, 3.8) is 0 Å². The van der Waals surface area contributed by atoms with Crippen LogP contribution < -0.4 is 5.43 Å². The molecule has 0 bridgehead atoms. The fourth-order valence-electron chi connectivity index (χ4n) is 2.22.